The number of hydrogen-bond donors (Lipinski definition) is 0. The molecule has 0 aliphatic heterocycles. The van der Waals surface area contributed by atoms with Gasteiger partial charge in [-0.1, -0.05) is 11.6 Å². The molecule has 4 nitrogen and oxygen atoms in total. The zero-order chi connectivity index (χ0) is 12.0. The lowest BCUT2D eigenvalue weighted by molar-refractivity contribution is 0.891. The summed E-state index contributed by atoms with van der Waals surface area (Å²) in [7, 11) is 1.92. The SMILES string of the molecule is Cn1ccnc1-c1nc(Cl)c(Br)c(C2CC2)n1. The van der Waals surface area contributed by atoms with Gasteiger partial charge in [0.05, 0.1) is 10.2 Å². The van der Waals surface area contributed by atoms with E-state index in [4.69, 9.17) is 11.6 Å². The summed E-state index contributed by atoms with van der Waals surface area (Å²) < 4.78 is 2.70. The molecule has 1 fully saturated rings. The number of imidazole rings is 1. The van der Waals surface area contributed by atoms with Crippen molar-refractivity contribution in [3.63, 3.8) is 0 Å². The molecule has 0 atom stereocenters. The Balaban J connectivity index is 2.15. The maximum absolute atomic E-state index is 6.13. The number of rotatable bonds is 2. The predicted molar refractivity (Wildman–Crippen MR) is 68.9 cm³/mol. The summed E-state index contributed by atoms with van der Waals surface area (Å²) in [6.07, 6.45) is 5.94. The van der Waals surface area contributed by atoms with E-state index in [1.54, 1.807) is 6.20 Å². The molecule has 0 amide bonds. The van der Waals surface area contributed by atoms with Crippen molar-refractivity contribution in [1.82, 2.24) is 19.5 Å². The molecule has 17 heavy (non-hydrogen) atoms. The first kappa shape index (κ1) is 11.2. The lowest BCUT2D eigenvalue weighted by Gasteiger charge is -2.07. The Labute approximate surface area is 112 Å². The third kappa shape index (κ3) is 1.98. The van der Waals surface area contributed by atoms with Crippen LogP contribution in [0.4, 0.5) is 0 Å². The summed E-state index contributed by atoms with van der Waals surface area (Å²) in [6, 6.07) is 0. The quantitative estimate of drug-likeness (QED) is 0.800. The molecule has 1 aliphatic carbocycles. The average Bonchev–Trinajstić information content (AvgIpc) is 3.05. The van der Waals surface area contributed by atoms with Crippen molar-refractivity contribution < 1.29 is 0 Å². The number of hydrogen-bond acceptors (Lipinski definition) is 3. The second kappa shape index (κ2) is 4.07. The highest BCUT2D eigenvalue weighted by Gasteiger charge is 2.29. The van der Waals surface area contributed by atoms with Crippen molar-refractivity contribution in [3.8, 4) is 11.6 Å². The maximum atomic E-state index is 6.13. The van der Waals surface area contributed by atoms with Crippen molar-refractivity contribution in [2.75, 3.05) is 0 Å². The summed E-state index contributed by atoms with van der Waals surface area (Å²) in [5.41, 5.74) is 1.00. The molecule has 0 unspecified atom stereocenters. The standard InChI is InChI=1S/C11H10BrClN4/c1-17-5-4-14-11(17)10-15-8(6-2-3-6)7(12)9(13)16-10/h4-6H,2-3H2,1H3. The van der Waals surface area contributed by atoms with E-state index in [-0.39, 0.29) is 0 Å². The highest BCUT2D eigenvalue weighted by Crippen LogP contribution is 2.44. The van der Waals surface area contributed by atoms with Gasteiger partial charge in [0, 0.05) is 25.4 Å². The molecular weight excluding hydrogens is 304 g/mol. The Hall–Kier alpha value is -0.940. The summed E-state index contributed by atoms with van der Waals surface area (Å²) in [5.74, 6) is 1.85. The molecule has 0 aromatic carbocycles. The van der Waals surface area contributed by atoms with E-state index in [0.29, 0.717) is 16.9 Å². The number of halogens is 2. The molecule has 0 saturated heterocycles. The zero-order valence-corrected chi connectivity index (χ0v) is 11.5. The van der Waals surface area contributed by atoms with Crippen molar-refractivity contribution in [3.05, 3.63) is 27.7 Å². The van der Waals surface area contributed by atoms with Crippen LogP contribution in [-0.2, 0) is 7.05 Å². The predicted octanol–water partition coefficient (Wildman–Crippen LogP) is 3.17. The lowest BCUT2D eigenvalue weighted by Crippen LogP contribution is -2.01. The van der Waals surface area contributed by atoms with Crippen LogP contribution in [0.2, 0.25) is 5.15 Å². The molecular formula is C11H10BrClN4. The maximum Gasteiger partial charge on any atom is 0.197 e. The van der Waals surface area contributed by atoms with Crippen LogP contribution < -0.4 is 0 Å². The molecule has 0 spiro atoms. The van der Waals surface area contributed by atoms with Crippen LogP contribution in [0.15, 0.2) is 16.9 Å². The number of nitrogens with zero attached hydrogens (tertiary/aromatic N) is 4. The smallest absolute Gasteiger partial charge is 0.197 e. The molecule has 2 heterocycles. The lowest BCUT2D eigenvalue weighted by atomic mass is 10.3. The Morgan fingerprint density at radius 3 is 2.76 bits per heavy atom. The fourth-order valence-corrected chi connectivity index (χ4v) is 2.42. The fourth-order valence-electron chi connectivity index (χ4n) is 1.74. The molecule has 0 radical (unpaired) electrons. The van der Waals surface area contributed by atoms with Gasteiger partial charge in [-0.15, -0.1) is 0 Å². The van der Waals surface area contributed by atoms with Crippen LogP contribution in [0.1, 0.15) is 24.5 Å². The summed E-state index contributed by atoms with van der Waals surface area (Å²) >= 11 is 9.58. The average molecular weight is 314 g/mol. The number of aryl methyl sites for hydroxylation is 1. The van der Waals surface area contributed by atoms with Gasteiger partial charge in [-0.3, -0.25) is 0 Å². The van der Waals surface area contributed by atoms with E-state index in [9.17, 15) is 0 Å². The molecule has 2 aromatic rings. The molecule has 1 aliphatic rings. The van der Waals surface area contributed by atoms with Crippen LogP contribution >= 0.6 is 27.5 Å². The minimum Gasteiger partial charge on any atom is -0.331 e. The molecule has 2 aromatic heterocycles. The van der Waals surface area contributed by atoms with E-state index in [1.165, 1.54) is 12.8 Å². The third-order valence-electron chi connectivity index (χ3n) is 2.82. The van der Waals surface area contributed by atoms with Gasteiger partial charge in [0.2, 0.25) is 0 Å². The van der Waals surface area contributed by atoms with Crippen LogP contribution in [0, 0.1) is 0 Å². The topological polar surface area (TPSA) is 43.6 Å². The minimum atomic E-state index is 0.458. The van der Waals surface area contributed by atoms with Crippen molar-refractivity contribution >= 4 is 27.5 Å². The van der Waals surface area contributed by atoms with Crippen molar-refractivity contribution in [2.24, 2.45) is 7.05 Å². The first-order valence-corrected chi connectivity index (χ1v) is 6.54. The van der Waals surface area contributed by atoms with Gasteiger partial charge in [0.1, 0.15) is 5.15 Å². The van der Waals surface area contributed by atoms with E-state index in [1.807, 2.05) is 17.8 Å². The van der Waals surface area contributed by atoms with E-state index in [2.05, 4.69) is 30.9 Å². The first-order valence-electron chi connectivity index (χ1n) is 5.37. The largest absolute Gasteiger partial charge is 0.331 e. The Kier molecular flexibility index (Phi) is 2.67. The number of aromatic nitrogens is 4. The van der Waals surface area contributed by atoms with E-state index < -0.39 is 0 Å². The minimum absolute atomic E-state index is 0.458. The summed E-state index contributed by atoms with van der Waals surface area (Å²) in [6.45, 7) is 0. The van der Waals surface area contributed by atoms with Crippen LogP contribution in [0.3, 0.4) is 0 Å². The van der Waals surface area contributed by atoms with E-state index in [0.717, 1.165) is 16.0 Å². The van der Waals surface area contributed by atoms with Gasteiger partial charge in [-0.25, -0.2) is 15.0 Å². The Morgan fingerprint density at radius 1 is 1.41 bits per heavy atom. The molecule has 0 bridgehead atoms. The summed E-state index contributed by atoms with van der Waals surface area (Å²) in [4.78, 5) is 13.1. The van der Waals surface area contributed by atoms with Gasteiger partial charge in [0.25, 0.3) is 0 Å². The van der Waals surface area contributed by atoms with Gasteiger partial charge >= 0.3 is 0 Å². The van der Waals surface area contributed by atoms with Gasteiger partial charge in [-0.2, -0.15) is 0 Å². The van der Waals surface area contributed by atoms with Crippen LogP contribution in [0.5, 0.6) is 0 Å². The molecule has 1 saturated carbocycles. The highest BCUT2D eigenvalue weighted by molar-refractivity contribution is 9.10. The molecule has 3 rings (SSSR count). The Bertz CT molecular complexity index is 577. The van der Waals surface area contributed by atoms with Crippen LogP contribution in [-0.4, -0.2) is 19.5 Å². The molecule has 6 heteroatoms. The normalized spacial score (nSPS) is 15.2. The van der Waals surface area contributed by atoms with Crippen molar-refractivity contribution in [1.29, 1.82) is 0 Å². The highest BCUT2D eigenvalue weighted by atomic mass is 79.9. The fraction of sp³-hybridized carbons (Fsp3) is 0.364. The monoisotopic (exact) mass is 312 g/mol. The Morgan fingerprint density at radius 2 is 2.18 bits per heavy atom. The first-order chi connectivity index (χ1) is 8.16. The van der Waals surface area contributed by atoms with Crippen molar-refractivity contribution in [2.45, 2.75) is 18.8 Å². The second-order valence-corrected chi connectivity index (χ2v) is 5.32. The van der Waals surface area contributed by atoms with Gasteiger partial charge in [0.15, 0.2) is 11.6 Å². The molecule has 0 N–H and O–H groups in total. The zero-order valence-electron chi connectivity index (χ0n) is 9.19. The third-order valence-corrected chi connectivity index (χ3v) is 4.11. The van der Waals surface area contributed by atoms with Gasteiger partial charge < -0.3 is 4.57 Å². The second-order valence-electron chi connectivity index (χ2n) is 4.17. The summed E-state index contributed by atoms with van der Waals surface area (Å²) in [5, 5.41) is 0.458. The van der Waals surface area contributed by atoms with Gasteiger partial charge in [-0.05, 0) is 28.8 Å². The molecule has 88 valence electrons. The van der Waals surface area contributed by atoms with E-state index >= 15 is 0 Å². The van der Waals surface area contributed by atoms with Crippen LogP contribution in [0.25, 0.3) is 11.6 Å².